The molecule has 6 nitrogen and oxygen atoms in total. The first-order valence-corrected chi connectivity index (χ1v) is 6.42. The van der Waals surface area contributed by atoms with E-state index in [1.807, 2.05) is 5.32 Å². The number of nitrogens with zero attached hydrogens (tertiary/aromatic N) is 1. The van der Waals surface area contributed by atoms with Gasteiger partial charge in [0.2, 0.25) is 5.91 Å². The Morgan fingerprint density at radius 1 is 1.24 bits per heavy atom. The first-order chi connectivity index (χ1) is 9.55. The zero-order chi connectivity index (χ0) is 16.6. The summed E-state index contributed by atoms with van der Waals surface area (Å²) in [6.07, 6.45) is -4.74. The van der Waals surface area contributed by atoms with Crippen molar-refractivity contribution in [3.63, 3.8) is 0 Å². The summed E-state index contributed by atoms with van der Waals surface area (Å²) in [5.41, 5.74) is 0. The Labute approximate surface area is 120 Å². The molecule has 3 amide bonds. The van der Waals surface area contributed by atoms with Gasteiger partial charge < -0.3 is 10.0 Å². The number of amides is 3. The lowest BCUT2D eigenvalue weighted by Gasteiger charge is -2.23. The molecule has 0 bridgehead atoms. The van der Waals surface area contributed by atoms with Crippen molar-refractivity contribution in [2.45, 2.75) is 39.3 Å². The summed E-state index contributed by atoms with van der Waals surface area (Å²) in [6, 6.07) is -1.12. The average molecular weight is 312 g/mol. The maximum absolute atomic E-state index is 12.3. The number of halogens is 3. The van der Waals surface area contributed by atoms with Crippen LogP contribution in [-0.4, -0.2) is 47.2 Å². The summed E-state index contributed by atoms with van der Waals surface area (Å²) in [5.74, 6) is -2.40. The molecule has 0 saturated carbocycles. The molecule has 9 heteroatoms. The number of imide groups is 1. The fraction of sp³-hybridized carbons (Fsp3) is 0.750. The first-order valence-electron chi connectivity index (χ1n) is 6.42. The maximum atomic E-state index is 12.3. The van der Waals surface area contributed by atoms with Crippen molar-refractivity contribution in [2.24, 2.45) is 5.92 Å². The molecule has 2 N–H and O–H groups in total. The fourth-order valence-electron chi connectivity index (χ4n) is 1.67. The van der Waals surface area contributed by atoms with Crippen LogP contribution >= 0.6 is 0 Å². The number of hydrogen-bond donors (Lipinski definition) is 2. The Morgan fingerprint density at radius 3 is 2.24 bits per heavy atom. The Bertz CT molecular complexity index is 385. The average Bonchev–Trinajstić information content (AvgIpc) is 2.24. The van der Waals surface area contributed by atoms with E-state index < -0.39 is 36.5 Å². The molecule has 0 fully saturated rings. The van der Waals surface area contributed by atoms with E-state index in [2.05, 4.69) is 0 Å². The lowest BCUT2D eigenvalue weighted by molar-refractivity contribution is -0.141. The van der Waals surface area contributed by atoms with Crippen molar-refractivity contribution in [1.29, 1.82) is 0 Å². The van der Waals surface area contributed by atoms with Gasteiger partial charge in [0.15, 0.2) is 0 Å². The SMILES string of the molecule is CCCN(CC(F)(F)F)C(=O)NC(=O)CC(C)CC(=O)O. The van der Waals surface area contributed by atoms with Crippen molar-refractivity contribution in [2.75, 3.05) is 13.1 Å². The lowest BCUT2D eigenvalue weighted by Crippen LogP contribution is -2.47. The number of rotatable bonds is 7. The van der Waals surface area contributed by atoms with Crippen molar-refractivity contribution in [3.8, 4) is 0 Å². The van der Waals surface area contributed by atoms with Crippen molar-refractivity contribution >= 4 is 17.9 Å². The topological polar surface area (TPSA) is 86.7 Å². The molecular weight excluding hydrogens is 293 g/mol. The number of carboxylic acid groups (broad SMARTS) is 1. The van der Waals surface area contributed by atoms with Gasteiger partial charge in [0.05, 0.1) is 0 Å². The molecule has 1 unspecified atom stereocenters. The second-order valence-electron chi connectivity index (χ2n) is 4.80. The van der Waals surface area contributed by atoms with Crippen LogP contribution < -0.4 is 5.32 Å². The number of alkyl halides is 3. The Morgan fingerprint density at radius 2 is 1.81 bits per heavy atom. The molecule has 0 aliphatic rings. The summed E-state index contributed by atoms with van der Waals surface area (Å²) in [7, 11) is 0. The summed E-state index contributed by atoms with van der Waals surface area (Å²) < 4.78 is 36.9. The standard InChI is InChI=1S/C12H19F3N2O4/c1-3-4-17(7-12(13,14)15)11(21)16-9(18)5-8(2)6-10(19)20/h8H,3-7H2,1-2H3,(H,19,20)(H,16,18,21). The summed E-state index contributed by atoms with van der Waals surface area (Å²) >= 11 is 0. The van der Waals surface area contributed by atoms with Gasteiger partial charge in [0, 0.05) is 19.4 Å². The molecule has 0 rings (SSSR count). The van der Waals surface area contributed by atoms with Gasteiger partial charge in [0.25, 0.3) is 0 Å². The maximum Gasteiger partial charge on any atom is 0.406 e. The number of nitrogens with one attached hydrogen (secondary N) is 1. The minimum atomic E-state index is -4.55. The predicted molar refractivity (Wildman–Crippen MR) is 67.5 cm³/mol. The van der Waals surface area contributed by atoms with E-state index >= 15 is 0 Å². The molecule has 0 aromatic rings. The molecular formula is C12H19F3N2O4. The van der Waals surface area contributed by atoms with Crippen LogP contribution in [0.25, 0.3) is 0 Å². The molecule has 0 saturated heterocycles. The van der Waals surface area contributed by atoms with E-state index in [0.717, 1.165) is 0 Å². The van der Waals surface area contributed by atoms with E-state index in [-0.39, 0.29) is 19.4 Å². The van der Waals surface area contributed by atoms with Crippen molar-refractivity contribution < 1.29 is 32.7 Å². The van der Waals surface area contributed by atoms with Crippen LogP contribution in [0, 0.1) is 5.92 Å². The zero-order valence-electron chi connectivity index (χ0n) is 11.9. The number of hydrogen-bond acceptors (Lipinski definition) is 3. The van der Waals surface area contributed by atoms with Gasteiger partial charge >= 0.3 is 18.2 Å². The number of urea groups is 1. The normalized spacial score (nSPS) is 12.6. The quantitative estimate of drug-likeness (QED) is 0.753. The number of carboxylic acids is 1. The van der Waals surface area contributed by atoms with Gasteiger partial charge in [-0.05, 0) is 12.3 Å². The minimum Gasteiger partial charge on any atom is -0.481 e. The van der Waals surface area contributed by atoms with Gasteiger partial charge in [0.1, 0.15) is 6.54 Å². The highest BCUT2D eigenvalue weighted by atomic mass is 19.4. The molecule has 21 heavy (non-hydrogen) atoms. The van der Waals surface area contributed by atoms with Gasteiger partial charge in [-0.15, -0.1) is 0 Å². The smallest absolute Gasteiger partial charge is 0.406 e. The van der Waals surface area contributed by atoms with Gasteiger partial charge in [-0.25, -0.2) is 4.79 Å². The van der Waals surface area contributed by atoms with E-state index in [4.69, 9.17) is 5.11 Å². The third-order valence-electron chi connectivity index (χ3n) is 2.45. The van der Waals surface area contributed by atoms with Gasteiger partial charge in [-0.1, -0.05) is 13.8 Å². The largest absolute Gasteiger partial charge is 0.481 e. The first kappa shape index (κ1) is 19.2. The van der Waals surface area contributed by atoms with E-state index in [9.17, 15) is 27.6 Å². The molecule has 0 aliphatic carbocycles. The van der Waals surface area contributed by atoms with Gasteiger partial charge in [-0.3, -0.25) is 14.9 Å². The molecule has 0 spiro atoms. The molecule has 0 aromatic carbocycles. The fourth-order valence-corrected chi connectivity index (χ4v) is 1.67. The van der Waals surface area contributed by atoms with Crippen molar-refractivity contribution in [3.05, 3.63) is 0 Å². The van der Waals surface area contributed by atoms with Crippen LogP contribution in [0.5, 0.6) is 0 Å². The van der Waals surface area contributed by atoms with Crippen LogP contribution in [0.4, 0.5) is 18.0 Å². The zero-order valence-corrected chi connectivity index (χ0v) is 11.9. The molecule has 1 atom stereocenters. The van der Waals surface area contributed by atoms with E-state index in [1.165, 1.54) is 6.92 Å². The Hall–Kier alpha value is -1.80. The third-order valence-corrected chi connectivity index (χ3v) is 2.45. The molecule has 0 heterocycles. The highest BCUT2D eigenvalue weighted by Gasteiger charge is 2.33. The van der Waals surface area contributed by atoms with Crippen LogP contribution in [0.15, 0.2) is 0 Å². The molecule has 0 aliphatic heterocycles. The van der Waals surface area contributed by atoms with Crippen LogP contribution in [0.1, 0.15) is 33.1 Å². The third kappa shape index (κ3) is 9.69. The monoisotopic (exact) mass is 312 g/mol. The molecule has 122 valence electrons. The summed E-state index contributed by atoms with van der Waals surface area (Å²) in [5, 5.41) is 10.4. The number of carbonyl (C=O) groups is 3. The Kier molecular flexibility index (Phi) is 7.75. The Balaban J connectivity index is 4.47. The predicted octanol–water partition coefficient (Wildman–Crippen LogP) is 2.00. The highest BCUT2D eigenvalue weighted by Crippen LogP contribution is 2.16. The number of aliphatic carboxylic acids is 1. The van der Waals surface area contributed by atoms with Crippen LogP contribution in [0.3, 0.4) is 0 Å². The van der Waals surface area contributed by atoms with Crippen LogP contribution in [-0.2, 0) is 9.59 Å². The lowest BCUT2D eigenvalue weighted by atomic mass is 10.0. The second kappa shape index (κ2) is 8.48. The van der Waals surface area contributed by atoms with E-state index in [1.54, 1.807) is 6.92 Å². The molecule has 0 aromatic heterocycles. The second-order valence-corrected chi connectivity index (χ2v) is 4.80. The minimum absolute atomic E-state index is 0.136. The van der Waals surface area contributed by atoms with Gasteiger partial charge in [-0.2, -0.15) is 13.2 Å². The van der Waals surface area contributed by atoms with E-state index in [0.29, 0.717) is 11.3 Å². The van der Waals surface area contributed by atoms with Crippen molar-refractivity contribution in [1.82, 2.24) is 10.2 Å². The number of carbonyl (C=O) groups excluding carboxylic acids is 2. The highest BCUT2D eigenvalue weighted by molar-refractivity contribution is 5.94. The van der Waals surface area contributed by atoms with Crippen LogP contribution in [0.2, 0.25) is 0 Å². The summed E-state index contributed by atoms with van der Waals surface area (Å²) in [4.78, 5) is 34.0. The summed E-state index contributed by atoms with van der Waals surface area (Å²) in [6.45, 7) is 1.53. The molecule has 0 radical (unpaired) electrons.